The summed E-state index contributed by atoms with van der Waals surface area (Å²) in [5.74, 6) is 0. The number of aromatic nitrogens is 2. The third kappa shape index (κ3) is 4.05. The molecular weight excluding hydrogens is 558 g/mol. The van der Waals surface area contributed by atoms with E-state index in [1.807, 2.05) is 24.3 Å². The number of nitriles is 1. The first-order chi connectivity index (χ1) is 22.8. The molecule has 0 atom stereocenters. The Morgan fingerprint density at radius 3 is 1.52 bits per heavy atom. The average Bonchev–Trinajstić information content (AvgIpc) is 3.64. The number of fused-ring (bicyclic) bond motifs is 6. The summed E-state index contributed by atoms with van der Waals surface area (Å²) in [5, 5.41) is 14.2. The van der Waals surface area contributed by atoms with E-state index in [0.29, 0.717) is 5.56 Å². The van der Waals surface area contributed by atoms with Gasteiger partial charge in [-0.25, -0.2) is 0 Å². The molecule has 0 aliphatic heterocycles. The van der Waals surface area contributed by atoms with Crippen LogP contribution in [0.15, 0.2) is 164 Å². The summed E-state index contributed by atoms with van der Waals surface area (Å²) in [7, 11) is 0. The molecule has 0 aliphatic carbocycles. The number of nitrogens with zero attached hydrogens (tertiary/aromatic N) is 3. The molecule has 0 saturated carbocycles. The topological polar surface area (TPSA) is 33.6 Å². The summed E-state index contributed by atoms with van der Waals surface area (Å²) in [6.45, 7) is 0. The van der Waals surface area contributed by atoms with Gasteiger partial charge in [0.15, 0.2) is 0 Å². The second kappa shape index (κ2) is 10.4. The first kappa shape index (κ1) is 26.1. The average molecular weight is 586 g/mol. The largest absolute Gasteiger partial charge is 0.309 e. The zero-order chi connectivity index (χ0) is 30.6. The van der Waals surface area contributed by atoms with E-state index < -0.39 is 0 Å². The monoisotopic (exact) mass is 585 g/mol. The Hall–Kier alpha value is -6.37. The number of benzene rings is 7. The van der Waals surface area contributed by atoms with Crippen LogP contribution in [0.4, 0.5) is 0 Å². The molecule has 3 heteroatoms. The van der Waals surface area contributed by atoms with Crippen molar-refractivity contribution < 1.29 is 0 Å². The zero-order valence-electron chi connectivity index (χ0n) is 24.9. The van der Waals surface area contributed by atoms with E-state index in [4.69, 9.17) is 0 Å². The fraction of sp³-hybridized carbons (Fsp3) is 0. The van der Waals surface area contributed by atoms with Crippen LogP contribution in [-0.4, -0.2) is 9.13 Å². The molecule has 0 radical (unpaired) electrons. The van der Waals surface area contributed by atoms with Crippen molar-refractivity contribution in [1.82, 2.24) is 9.13 Å². The molecule has 2 heterocycles. The molecule has 0 spiro atoms. The summed E-state index contributed by atoms with van der Waals surface area (Å²) in [5.41, 5.74) is 12.3. The summed E-state index contributed by atoms with van der Waals surface area (Å²) >= 11 is 0. The lowest BCUT2D eigenvalue weighted by Crippen LogP contribution is -1.94. The SMILES string of the molecule is N#Cc1ccc(-c2ccc(-n3c4ccccc4c4ccc(-c5ccc6c(c5)c5ccccc5n6-c5ccccc5)cc43)cc2)cc1. The number of rotatable bonds is 4. The van der Waals surface area contributed by atoms with Crippen LogP contribution in [0.2, 0.25) is 0 Å². The van der Waals surface area contributed by atoms with Crippen molar-refractivity contribution >= 4 is 43.6 Å². The maximum absolute atomic E-state index is 9.19. The minimum atomic E-state index is 0.669. The van der Waals surface area contributed by atoms with Crippen LogP contribution in [0.25, 0.3) is 77.2 Å². The van der Waals surface area contributed by atoms with E-state index in [0.717, 1.165) is 22.5 Å². The highest BCUT2D eigenvalue weighted by molar-refractivity contribution is 6.12. The molecule has 0 amide bonds. The fourth-order valence-corrected chi connectivity index (χ4v) is 6.98. The fourth-order valence-electron chi connectivity index (χ4n) is 6.98. The Morgan fingerprint density at radius 1 is 0.348 bits per heavy atom. The van der Waals surface area contributed by atoms with Gasteiger partial charge in [-0.15, -0.1) is 0 Å². The molecular formula is C43H27N3. The molecule has 0 aliphatic rings. The van der Waals surface area contributed by atoms with Crippen molar-refractivity contribution in [3.05, 3.63) is 169 Å². The molecule has 46 heavy (non-hydrogen) atoms. The second-order valence-electron chi connectivity index (χ2n) is 11.7. The smallest absolute Gasteiger partial charge is 0.0991 e. The van der Waals surface area contributed by atoms with E-state index >= 15 is 0 Å². The predicted octanol–water partition coefficient (Wildman–Crippen LogP) is 11.1. The standard InChI is InChI=1S/C43H27N3/c44-28-29-14-16-30(17-15-29)31-18-22-35(23-19-31)46-40-12-6-4-10-36(40)38-24-20-33(27-43(38)46)32-21-25-42-39(26-32)37-11-5-7-13-41(37)45(42)34-8-2-1-3-9-34/h1-27H. The lowest BCUT2D eigenvalue weighted by Gasteiger charge is -2.11. The molecule has 7 aromatic carbocycles. The maximum atomic E-state index is 9.19. The molecule has 9 rings (SSSR count). The molecule has 0 fully saturated rings. The van der Waals surface area contributed by atoms with Crippen LogP contribution in [0, 0.1) is 11.3 Å². The van der Waals surface area contributed by atoms with Crippen molar-refractivity contribution in [1.29, 1.82) is 5.26 Å². The third-order valence-electron chi connectivity index (χ3n) is 9.17. The maximum Gasteiger partial charge on any atom is 0.0991 e. The van der Waals surface area contributed by atoms with Gasteiger partial charge >= 0.3 is 0 Å². The van der Waals surface area contributed by atoms with Gasteiger partial charge in [0, 0.05) is 32.9 Å². The van der Waals surface area contributed by atoms with E-state index in [9.17, 15) is 5.26 Å². The number of hydrogen-bond donors (Lipinski definition) is 0. The van der Waals surface area contributed by atoms with E-state index in [2.05, 4.69) is 155 Å². The predicted molar refractivity (Wildman–Crippen MR) is 191 cm³/mol. The molecule has 0 saturated heterocycles. The highest BCUT2D eigenvalue weighted by Gasteiger charge is 2.16. The van der Waals surface area contributed by atoms with Gasteiger partial charge in [0.2, 0.25) is 0 Å². The quantitative estimate of drug-likeness (QED) is 0.202. The minimum Gasteiger partial charge on any atom is -0.309 e. The lowest BCUT2D eigenvalue weighted by atomic mass is 10.0. The van der Waals surface area contributed by atoms with Gasteiger partial charge in [-0.2, -0.15) is 5.26 Å². The van der Waals surface area contributed by atoms with Gasteiger partial charge in [0.1, 0.15) is 0 Å². The summed E-state index contributed by atoms with van der Waals surface area (Å²) in [4.78, 5) is 0. The van der Waals surface area contributed by atoms with Crippen molar-refractivity contribution in [2.75, 3.05) is 0 Å². The van der Waals surface area contributed by atoms with Crippen LogP contribution in [0.1, 0.15) is 5.56 Å². The van der Waals surface area contributed by atoms with Crippen LogP contribution < -0.4 is 0 Å². The van der Waals surface area contributed by atoms with Gasteiger partial charge in [-0.1, -0.05) is 97.1 Å². The molecule has 0 bridgehead atoms. The summed E-state index contributed by atoms with van der Waals surface area (Å²) in [6.07, 6.45) is 0. The van der Waals surface area contributed by atoms with E-state index in [-0.39, 0.29) is 0 Å². The van der Waals surface area contributed by atoms with E-state index in [1.165, 1.54) is 54.7 Å². The summed E-state index contributed by atoms with van der Waals surface area (Å²) < 4.78 is 4.73. The van der Waals surface area contributed by atoms with Crippen LogP contribution in [0.3, 0.4) is 0 Å². The van der Waals surface area contributed by atoms with Crippen molar-refractivity contribution in [2.45, 2.75) is 0 Å². The second-order valence-corrected chi connectivity index (χ2v) is 11.7. The van der Waals surface area contributed by atoms with Crippen LogP contribution in [0.5, 0.6) is 0 Å². The number of hydrogen-bond acceptors (Lipinski definition) is 1. The van der Waals surface area contributed by atoms with Gasteiger partial charge in [0.05, 0.1) is 33.7 Å². The highest BCUT2D eigenvalue weighted by atomic mass is 15.0. The molecule has 9 aromatic rings. The van der Waals surface area contributed by atoms with Crippen molar-refractivity contribution in [2.24, 2.45) is 0 Å². The molecule has 3 nitrogen and oxygen atoms in total. The highest BCUT2D eigenvalue weighted by Crippen LogP contribution is 2.38. The lowest BCUT2D eigenvalue weighted by molar-refractivity contribution is 1.18. The normalized spacial score (nSPS) is 11.5. The van der Waals surface area contributed by atoms with Crippen LogP contribution in [-0.2, 0) is 0 Å². The van der Waals surface area contributed by atoms with Gasteiger partial charge in [0.25, 0.3) is 0 Å². The number of para-hydroxylation sites is 3. The third-order valence-corrected chi connectivity index (χ3v) is 9.17. The summed E-state index contributed by atoms with van der Waals surface area (Å²) in [6, 6.07) is 60.3. The van der Waals surface area contributed by atoms with Crippen LogP contribution >= 0.6 is 0 Å². The molecule has 0 N–H and O–H groups in total. The molecule has 214 valence electrons. The zero-order valence-corrected chi connectivity index (χ0v) is 24.9. The Bertz CT molecular complexity index is 2610. The Morgan fingerprint density at radius 2 is 0.826 bits per heavy atom. The minimum absolute atomic E-state index is 0.669. The molecule has 0 unspecified atom stereocenters. The Labute approximate surface area is 266 Å². The van der Waals surface area contributed by atoms with Gasteiger partial charge in [-0.05, 0) is 89.0 Å². The first-order valence-electron chi connectivity index (χ1n) is 15.5. The Balaban J connectivity index is 1.20. The van der Waals surface area contributed by atoms with Gasteiger partial charge in [-0.3, -0.25) is 0 Å². The first-order valence-corrected chi connectivity index (χ1v) is 15.5. The van der Waals surface area contributed by atoms with Crippen molar-refractivity contribution in [3.63, 3.8) is 0 Å². The Kier molecular flexibility index (Phi) is 5.88. The molecule has 2 aromatic heterocycles. The van der Waals surface area contributed by atoms with Gasteiger partial charge < -0.3 is 9.13 Å². The van der Waals surface area contributed by atoms with Crippen molar-refractivity contribution in [3.8, 4) is 39.7 Å². The van der Waals surface area contributed by atoms with E-state index in [1.54, 1.807) is 0 Å².